The molecule has 0 saturated heterocycles. The molecule has 170 valence electrons. The second kappa shape index (κ2) is 11.6. The molecule has 0 fully saturated rings. The quantitative estimate of drug-likeness (QED) is 0.119. The van der Waals surface area contributed by atoms with Crippen molar-refractivity contribution >= 4 is 35.8 Å². The molecule has 0 aromatic carbocycles. The maximum absolute atomic E-state index is 11.4. The fourth-order valence-corrected chi connectivity index (χ4v) is 2.49. The van der Waals surface area contributed by atoms with Gasteiger partial charge in [-0.25, -0.2) is 9.59 Å². The smallest absolute Gasteiger partial charge is 0.334 e. The Balaban J connectivity index is 5.91. The summed E-state index contributed by atoms with van der Waals surface area (Å²) < 4.78 is 0. The summed E-state index contributed by atoms with van der Waals surface area (Å²) in [6.45, 7) is -3.95. The van der Waals surface area contributed by atoms with Crippen LogP contribution in [0.25, 0.3) is 0 Å². The van der Waals surface area contributed by atoms with E-state index in [1.165, 1.54) is 0 Å². The molecule has 0 aromatic heterocycles. The van der Waals surface area contributed by atoms with Gasteiger partial charge in [0.05, 0.1) is 13.1 Å². The van der Waals surface area contributed by atoms with Crippen LogP contribution in [0.2, 0.25) is 0 Å². The normalized spacial score (nSPS) is 15.2. The summed E-state index contributed by atoms with van der Waals surface area (Å²) in [6.07, 6.45) is -5.20. The van der Waals surface area contributed by atoms with Gasteiger partial charge in [-0.15, -0.1) is 0 Å². The SMILES string of the molecule is O=C(O)CN(CCN(CC(=O)O)C(C(=O)O)C(O)C(=O)O)C(C(=O)O)C(O)C(=O)O. The van der Waals surface area contributed by atoms with Gasteiger partial charge in [-0.2, -0.15) is 0 Å². The van der Waals surface area contributed by atoms with E-state index in [0.717, 1.165) is 0 Å². The van der Waals surface area contributed by atoms with Crippen LogP contribution in [0.15, 0.2) is 0 Å². The highest BCUT2D eigenvalue weighted by molar-refractivity contribution is 5.85. The third kappa shape index (κ3) is 7.95. The highest BCUT2D eigenvalue weighted by Crippen LogP contribution is 2.11. The Labute approximate surface area is 166 Å². The van der Waals surface area contributed by atoms with Crippen molar-refractivity contribution < 1.29 is 69.6 Å². The van der Waals surface area contributed by atoms with Crippen molar-refractivity contribution in [3.8, 4) is 0 Å². The van der Waals surface area contributed by atoms with Crippen LogP contribution in [0.3, 0.4) is 0 Å². The number of rotatable bonds is 15. The first-order valence-electron chi connectivity index (χ1n) is 7.89. The van der Waals surface area contributed by atoms with Gasteiger partial charge >= 0.3 is 35.8 Å². The van der Waals surface area contributed by atoms with Gasteiger partial charge in [-0.1, -0.05) is 0 Å². The van der Waals surface area contributed by atoms with Crippen molar-refractivity contribution in [2.45, 2.75) is 24.3 Å². The third-order valence-corrected chi connectivity index (χ3v) is 3.75. The molecule has 0 saturated carbocycles. The number of aliphatic hydroxyl groups excluding tert-OH is 2. The van der Waals surface area contributed by atoms with Gasteiger partial charge in [0.25, 0.3) is 0 Å². The molecule has 8 N–H and O–H groups in total. The van der Waals surface area contributed by atoms with E-state index in [4.69, 9.17) is 30.6 Å². The zero-order valence-corrected chi connectivity index (χ0v) is 15.1. The van der Waals surface area contributed by atoms with E-state index in [9.17, 15) is 39.0 Å². The van der Waals surface area contributed by atoms with Crippen LogP contribution in [0, 0.1) is 0 Å². The molecule has 0 rings (SSSR count). The number of aliphatic carboxylic acids is 6. The summed E-state index contributed by atoms with van der Waals surface area (Å²) in [5, 5.41) is 73.0. The highest BCUT2D eigenvalue weighted by Gasteiger charge is 2.41. The van der Waals surface area contributed by atoms with E-state index in [1.807, 2.05) is 0 Å². The van der Waals surface area contributed by atoms with Crippen molar-refractivity contribution in [1.82, 2.24) is 9.80 Å². The van der Waals surface area contributed by atoms with Crippen molar-refractivity contribution in [2.75, 3.05) is 26.2 Å². The van der Waals surface area contributed by atoms with E-state index in [1.54, 1.807) is 0 Å². The topological polar surface area (TPSA) is 271 Å². The predicted molar refractivity (Wildman–Crippen MR) is 88.6 cm³/mol. The zero-order chi connectivity index (χ0) is 23.8. The first kappa shape index (κ1) is 26.7. The summed E-state index contributed by atoms with van der Waals surface area (Å²) in [5.74, 6) is -11.2. The standard InChI is InChI=1S/C14H20N2O14/c17-5(18)3-15(7(11(23)24)9(21)13(27)28)1-2-16(4-6(19)20)8(12(25)26)10(22)14(29)30/h7-10,21-22H,1-4H2,(H,17,18)(H,19,20)(H,23,24)(H,25,26)(H,27,28)(H,29,30). The summed E-state index contributed by atoms with van der Waals surface area (Å²) in [4.78, 5) is 67.4. The minimum absolute atomic E-state index is 0.407. The second-order valence-electron chi connectivity index (χ2n) is 5.86. The van der Waals surface area contributed by atoms with E-state index in [2.05, 4.69) is 0 Å². The van der Waals surface area contributed by atoms with Crippen molar-refractivity contribution in [1.29, 1.82) is 0 Å². The number of hydrogen-bond donors (Lipinski definition) is 8. The van der Waals surface area contributed by atoms with E-state index >= 15 is 0 Å². The Kier molecular flexibility index (Phi) is 10.3. The van der Waals surface area contributed by atoms with E-state index < -0.39 is 86.3 Å². The van der Waals surface area contributed by atoms with Crippen LogP contribution in [0.5, 0.6) is 0 Å². The molecule has 0 heterocycles. The molecular weight excluding hydrogens is 420 g/mol. The predicted octanol–water partition coefficient (Wildman–Crippen LogP) is -4.44. The molecule has 0 bridgehead atoms. The van der Waals surface area contributed by atoms with Crippen LogP contribution >= 0.6 is 0 Å². The largest absolute Gasteiger partial charge is 0.480 e. The van der Waals surface area contributed by atoms with Crippen LogP contribution in [-0.4, -0.2) is 137 Å². The first-order valence-corrected chi connectivity index (χ1v) is 7.89. The molecule has 0 amide bonds. The molecule has 0 radical (unpaired) electrons. The van der Waals surface area contributed by atoms with Crippen LogP contribution in [-0.2, 0) is 28.8 Å². The molecule has 16 nitrogen and oxygen atoms in total. The Morgan fingerprint density at radius 2 is 0.800 bits per heavy atom. The molecule has 0 aliphatic carbocycles. The van der Waals surface area contributed by atoms with Crippen LogP contribution < -0.4 is 0 Å². The molecule has 16 heteroatoms. The lowest BCUT2D eigenvalue weighted by molar-refractivity contribution is -0.165. The maximum Gasteiger partial charge on any atom is 0.334 e. The monoisotopic (exact) mass is 440 g/mol. The lowest BCUT2D eigenvalue weighted by Gasteiger charge is -2.33. The summed E-state index contributed by atoms with van der Waals surface area (Å²) >= 11 is 0. The molecule has 30 heavy (non-hydrogen) atoms. The number of carbonyl (C=O) groups is 6. The minimum Gasteiger partial charge on any atom is -0.480 e. The molecular formula is C14H20N2O14. The number of carboxylic acids is 6. The Hall–Kier alpha value is -3.34. The third-order valence-electron chi connectivity index (χ3n) is 3.75. The lowest BCUT2D eigenvalue weighted by atomic mass is 10.1. The molecule has 4 atom stereocenters. The van der Waals surface area contributed by atoms with Gasteiger partial charge in [-0.3, -0.25) is 29.0 Å². The van der Waals surface area contributed by atoms with E-state index in [-0.39, 0.29) is 0 Å². The minimum atomic E-state index is -2.60. The highest BCUT2D eigenvalue weighted by atomic mass is 16.4. The van der Waals surface area contributed by atoms with E-state index in [0.29, 0.717) is 9.80 Å². The van der Waals surface area contributed by atoms with Gasteiger partial charge < -0.3 is 40.9 Å². The van der Waals surface area contributed by atoms with Crippen molar-refractivity contribution in [2.24, 2.45) is 0 Å². The average molecular weight is 440 g/mol. The summed E-state index contributed by atoms with van der Waals surface area (Å²) in [7, 11) is 0. The molecule has 4 unspecified atom stereocenters. The fourth-order valence-electron chi connectivity index (χ4n) is 2.49. The Bertz CT molecular complexity index is 636. The summed E-state index contributed by atoms with van der Waals surface area (Å²) in [5.41, 5.74) is 0. The van der Waals surface area contributed by atoms with Crippen molar-refractivity contribution in [3.05, 3.63) is 0 Å². The number of aliphatic hydroxyl groups is 2. The van der Waals surface area contributed by atoms with Gasteiger partial charge in [0.15, 0.2) is 12.2 Å². The lowest BCUT2D eigenvalue weighted by Crippen LogP contribution is -2.58. The number of nitrogens with zero attached hydrogens (tertiary/aromatic N) is 2. The molecule has 0 aromatic rings. The van der Waals surface area contributed by atoms with Gasteiger partial charge in [0.1, 0.15) is 12.1 Å². The summed E-state index contributed by atoms with van der Waals surface area (Å²) in [6, 6.07) is -4.64. The Morgan fingerprint density at radius 1 is 0.533 bits per heavy atom. The van der Waals surface area contributed by atoms with Crippen molar-refractivity contribution in [3.63, 3.8) is 0 Å². The average Bonchev–Trinajstić information content (AvgIpc) is 2.57. The molecule has 0 aliphatic heterocycles. The zero-order valence-electron chi connectivity index (χ0n) is 15.1. The van der Waals surface area contributed by atoms with Gasteiger partial charge in [0.2, 0.25) is 0 Å². The molecule has 0 aliphatic rings. The Morgan fingerprint density at radius 3 is 0.967 bits per heavy atom. The van der Waals surface area contributed by atoms with Gasteiger partial charge in [-0.05, 0) is 0 Å². The first-order chi connectivity index (χ1) is 13.7. The van der Waals surface area contributed by atoms with Crippen LogP contribution in [0.4, 0.5) is 0 Å². The number of hydrogen-bond acceptors (Lipinski definition) is 10. The second-order valence-corrected chi connectivity index (χ2v) is 5.86. The van der Waals surface area contributed by atoms with Crippen LogP contribution in [0.1, 0.15) is 0 Å². The van der Waals surface area contributed by atoms with Gasteiger partial charge in [0, 0.05) is 13.1 Å². The molecule has 0 spiro atoms. The fraction of sp³-hybridized carbons (Fsp3) is 0.571. The number of carboxylic acid groups (broad SMARTS) is 6. The maximum atomic E-state index is 11.4.